The lowest BCUT2D eigenvalue weighted by molar-refractivity contribution is -0.660. The number of pyridine rings is 2. The quantitative estimate of drug-likeness (QED) is 0.262. The van der Waals surface area contributed by atoms with Gasteiger partial charge in [-0.1, -0.05) is 38.1 Å². The van der Waals surface area contributed by atoms with Crippen molar-refractivity contribution in [3.05, 3.63) is 82.8 Å². The second-order valence-electron chi connectivity index (χ2n) is 10.7. The Bertz CT molecular complexity index is 1640. The van der Waals surface area contributed by atoms with E-state index in [-0.39, 0.29) is 5.41 Å². The van der Waals surface area contributed by atoms with Crippen molar-refractivity contribution in [1.82, 2.24) is 4.98 Å². The molecule has 3 heterocycles. The molecule has 0 radical (unpaired) electrons. The van der Waals surface area contributed by atoms with Gasteiger partial charge in [-0.25, -0.2) is 4.57 Å². The number of aromatic nitrogens is 2. The van der Waals surface area contributed by atoms with Crippen LogP contribution < -0.4 is 4.57 Å². The van der Waals surface area contributed by atoms with Crippen LogP contribution in [0.15, 0.2) is 59.3 Å². The fourth-order valence-corrected chi connectivity index (χ4v) is 6.07. The first-order valence-corrected chi connectivity index (χ1v) is 12.2. The van der Waals surface area contributed by atoms with Gasteiger partial charge < -0.3 is 4.42 Å². The number of rotatable bonds is 2. The Morgan fingerprint density at radius 1 is 0.912 bits per heavy atom. The van der Waals surface area contributed by atoms with Crippen molar-refractivity contribution >= 4 is 21.9 Å². The lowest BCUT2D eigenvalue weighted by atomic mass is 9.84. The van der Waals surface area contributed by atoms with Crippen molar-refractivity contribution in [1.29, 1.82) is 0 Å². The predicted molar refractivity (Wildman–Crippen MR) is 139 cm³/mol. The van der Waals surface area contributed by atoms with Gasteiger partial charge in [-0.2, -0.15) is 0 Å². The van der Waals surface area contributed by atoms with Gasteiger partial charge in [0, 0.05) is 45.1 Å². The molecule has 3 heteroatoms. The summed E-state index contributed by atoms with van der Waals surface area (Å²) in [6.07, 6.45) is 4.14. The molecule has 0 atom stereocenters. The summed E-state index contributed by atoms with van der Waals surface area (Å²) in [5.41, 5.74) is 12.9. The maximum Gasteiger partial charge on any atom is 0.216 e. The molecule has 170 valence electrons. The van der Waals surface area contributed by atoms with Crippen LogP contribution in [0.2, 0.25) is 0 Å². The molecule has 1 aliphatic carbocycles. The van der Waals surface area contributed by atoms with Crippen molar-refractivity contribution in [2.45, 2.75) is 52.9 Å². The highest BCUT2D eigenvalue weighted by molar-refractivity contribution is 6.12. The number of hydrogen-bond donors (Lipinski definition) is 0. The number of fused-ring (bicyclic) bond motifs is 7. The summed E-state index contributed by atoms with van der Waals surface area (Å²) < 4.78 is 9.11. The Labute approximate surface area is 201 Å². The van der Waals surface area contributed by atoms with E-state index in [1.54, 1.807) is 0 Å². The molecule has 3 nitrogen and oxygen atoms in total. The summed E-state index contributed by atoms with van der Waals surface area (Å²) in [6, 6.07) is 15.5. The highest BCUT2D eigenvalue weighted by atomic mass is 16.3. The molecule has 6 rings (SSSR count). The van der Waals surface area contributed by atoms with E-state index in [1.165, 1.54) is 55.4 Å². The zero-order valence-corrected chi connectivity index (χ0v) is 21.1. The Morgan fingerprint density at radius 3 is 2.41 bits per heavy atom. The SMILES string of the molecule is Cc1c[n+](C)c(-c2c(C)ccc3c2oc2c4c(ccc23)-c2cccnc2C4(C)C)cc1C(C)C. The molecule has 0 saturated carbocycles. The van der Waals surface area contributed by atoms with Gasteiger partial charge >= 0.3 is 0 Å². The maximum absolute atomic E-state index is 6.87. The van der Waals surface area contributed by atoms with Crippen molar-refractivity contribution in [3.8, 4) is 22.4 Å². The molecule has 5 aromatic rings. The minimum atomic E-state index is -0.214. The molecule has 3 aromatic heterocycles. The number of aryl methyl sites for hydroxylation is 3. The van der Waals surface area contributed by atoms with Gasteiger partial charge in [0.2, 0.25) is 5.69 Å². The third-order valence-electron chi connectivity index (χ3n) is 7.73. The standard InChI is InChI=1S/C31H31N2O/c1-17(2)24-15-25(33(7)16-19(24)4)26-18(3)10-11-21-22-13-12-20-23-9-8-14-32-30(23)31(5,6)27(20)29(22)34-28(21)26/h8-17H,1-7H3/q+1. The Balaban J connectivity index is 1.71. The summed E-state index contributed by atoms with van der Waals surface area (Å²) >= 11 is 0. The topological polar surface area (TPSA) is 29.9 Å². The minimum Gasteiger partial charge on any atom is -0.455 e. The average Bonchev–Trinajstić information content (AvgIpc) is 3.27. The number of hydrogen-bond acceptors (Lipinski definition) is 2. The zero-order chi connectivity index (χ0) is 23.9. The molecule has 0 N–H and O–H groups in total. The molecule has 34 heavy (non-hydrogen) atoms. The molecule has 0 bridgehead atoms. The summed E-state index contributed by atoms with van der Waals surface area (Å²) in [5, 5.41) is 2.35. The number of nitrogens with zero attached hydrogens (tertiary/aromatic N) is 2. The average molecular weight is 448 g/mol. The number of benzene rings is 2. The van der Waals surface area contributed by atoms with Crippen LogP contribution in [0.3, 0.4) is 0 Å². The first-order valence-electron chi connectivity index (χ1n) is 12.2. The largest absolute Gasteiger partial charge is 0.455 e. The molecule has 0 spiro atoms. The summed E-state index contributed by atoms with van der Waals surface area (Å²) in [7, 11) is 2.14. The third-order valence-corrected chi connectivity index (χ3v) is 7.73. The second-order valence-corrected chi connectivity index (χ2v) is 10.7. The first kappa shape index (κ1) is 21.1. The van der Waals surface area contributed by atoms with E-state index in [0.717, 1.165) is 16.9 Å². The first-order chi connectivity index (χ1) is 16.2. The van der Waals surface area contributed by atoms with E-state index in [4.69, 9.17) is 9.40 Å². The monoisotopic (exact) mass is 447 g/mol. The van der Waals surface area contributed by atoms with Gasteiger partial charge in [0.25, 0.3) is 0 Å². The predicted octanol–water partition coefficient (Wildman–Crippen LogP) is 7.52. The molecule has 0 aliphatic heterocycles. The van der Waals surface area contributed by atoms with Gasteiger partial charge in [-0.15, -0.1) is 0 Å². The van der Waals surface area contributed by atoms with Crippen LogP contribution in [0.1, 0.15) is 61.6 Å². The van der Waals surface area contributed by atoms with Crippen LogP contribution in [0.4, 0.5) is 0 Å². The highest BCUT2D eigenvalue weighted by Crippen LogP contribution is 2.52. The van der Waals surface area contributed by atoms with E-state index in [9.17, 15) is 0 Å². The lowest BCUT2D eigenvalue weighted by Crippen LogP contribution is -2.32. The molecule has 2 aromatic carbocycles. The van der Waals surface area contributed by atoms with E-state index in [1.807, 2.05) is 12.3 Å². The maximum atomic E-state index is 6.87. The van der Waals surface area contributed by atoms with Gasteiger partial charge in [0.1, 0.15) is 18.2 Å². The van der Waals surface area contributed by atoms with E-state index in [0.29, 0.717) is 5.92 Å². The van der Waals surface area contributed by atoms with Crippen LogP contribution in [0.5, 0.6) is 0 Å². The van der Waals surface area contributed by atoms with Crippen molar-refractivity contribution < 1.29 is 8.98 Å². The van der Waals surface area contributed by atoms with Crippen LogP contribution in [-0.4, -0.2) is 4.98 Å². The lowest BCUT2D eigenvalue weighted by Gasteiger charge is -2.20. The van der Waals surface area contributed by atoms with Gasteiger partial charge in [0.15, 0.2) is 6.20 Å². The van der Waals surface area contributed by atoms with E-state index >= 15 is 0 Å². The van der Waals surface area contributed by atoms with E-state index in [2.05, 4.69) is 95.8 Å². The fourth-order valence-electron chi connectivity index (χ4n) is 6.07. The summed E-state index contributed by atoms with van der Waals surface area (Å²) in [5.74, 6) is 0.463. The Morgan fingerprint density at radius 2 is 1.65 bits per heavy atom. The third kappa shape index (κ3) is 2.70. The normalized spacial score (nSPS) is 14.2. The van der Waals surface area contributed by atoms with Crippen LogP contribution >= 0.6 is 0 Å². The van der Waals surface area contributed by atoms with Crippen LogP contribution in [-0.2, 0) is 12.5 Å². The molecule has 0 amide bonds. The molecule has 1 aliphatic rings. The molecule has 0 unspecified atom stereocenters. The highest BCUT2D eigenvalue weighted by Gasteiger charge is 2.40. The fraction of sp³-hybridized carbons (Fsp3) is 0.290. The van der Waals surface area contributed by atoms with Gasteiger partial charge in [-0.05, 0) is 62.4 Å². The molecular formula is C31H31N2O+. The Kier molecular flexibility index (Phi) is 4.36. The van der Waals surface area contributed by atoms with Crippen molar-refractivity contribution in [3.63, 3.8) is 0 Å². The summed E-state index contributed by atoms with van der Waals surface area (Å²) in [4.78, 5) is 4.77. The number of furan rings is 1. The molecule has 0 saturated heterocycles. The van der Waals surface area contributed by atoms with Gasteiger partial charge in [-0.3, -0.25) is 4.98 Å². The van der Waals surface area contributed by atoms with E-state index < -0.39 is 0 Å². The van der Waals surface area contributed by atoms with Gasteiger partial charge in [0.05, 0.1) is 11.3 Å². The van der Waals surface area contributed by atoms with Crippen molar-refractivity contribution in [2.75, 3.05) is 0 Å². The Hall–Kier alpha value is -3.46. The van der Waals surface area contributed by atoms with Crippen LogP contribution in [0, 0.1) is 13.8 Å². The smallest absolute Gasteiger partial charge is 0.216 e. The zero-order valence-electron chi connectivity index (χ0n) is 21.1. The second kappa shape index (κ2) is 7.02. The molecular weight excluding hydrogens is 416 g/mol. The summed E-state index contributed by atoms with van der Waals surface area (Å²) in [6.45, 7) is 13.4. The van der Waals surface area contributed by atoms with Crippen molar-refractivity contribution in [2.24, 2.45) is 7.05 Å². The minimum absolute atomic E-state index is 0.214. The molecule has 0 fully saturated rings. The van der Waals surface area contributed by atoms with Crippen LogP contribution in [0.25, 0.3) is 44.3 Å².